The normalized spacial score (nSPS) is 16.9. The molecule has 0 bridgehead atoms. The summed E-state index contributed by atoms with van der Waals surface area (Å²) in [6, 6.07) is 0. The second-order valence-electron chi connectivity index (χ2n) is 7.27. The Morgan fingerprint density at radius 1 is 1.32 bits per heavy atom. The summed E-state index contributed by atoms with van der Waals surface area (Å²) in [4.78, 5) is 11.8. The number of morpholine rings is 1. The highest BCUT2D eigenvalue weighted by molar-refractivity contribution is 7.09. The van der Waals surface area contributed by atoms with Crippen LogP contribution in [0, 0.1) is 0 Å². The first-order chi connectivity index (χ1) is 12.0. The highest BCUT2D eigenvalue weighted by Gasteiger charge is 2.17. The Kier molecular flexibility index (Phi) is 8.12. The van der Waals surface area contributed by atoms with Crippen molar-refractivity contribution in [3.63, 3.8) is 0 Å². The third kappa shape index (κ3) is 7.30. The van der Waals surface area contributed by atoms with Gasteiger partial charge in [0.1, 0.15) is 0 Å². The highest BCUT2D eigenvalue weighted by atomic mass is 32.1. The summed E-state index contributed by atoms with van der Waals surface area (Å²) in [5.41, 5.74) is 1.30. The van der Waals surface area contributed by atoms with Gasteiger partial charge in [0, 0.05) is 49.9 Å². The van der Waals surface area contributed by atoms with Crippen LogP contribution in [0.15, 0.2) is 10.4 Å². The quantitative estimate of drug-likeness (QED) is 0.569. The Hall–Kier alpha value is -1.18. The molecule has 0 aromatic carbocycles. The van der Waals surface area contributed by atoms with Gasteiger partial charge in [0.05, 0.1) is 30.5 Å². The molecule has 0 radical (unpaired) electrons. The second kappa shape index (κ2) is 10.1. The molecule has 7 heteroatoms. The molecule has 1 aliphatic heterocycles. The molecule has 0 amide bonds. The van der Waals surface area contributed by atoms with E-state index in [0.717, 1.165) is 64.9 Å². The van der Waals surface area contributed by atoms with Crippen LogP contribution in [0.3, 0.4) is 0 Å². The topological polar surface area (TPSA) is 61.8 Å². The standard InChI is InChI=1S/C18H33N5OS/c1-5-19-17(21-8-9-23-10-12-24-13-11-23)20-7-6-16-22-15(14-25-16)18(2,3)4/h14H,5-13H2,1-4H3,(H2,19,20,21). The largest absolute Gasteiger partial charge is 0.379 e. The summed E-state index contributed by atoms with van der Waals surface area (Å²) in [5, 5.41) is 10.1. The molecule has 1 saturated heterocycles. The van der Waals surface area contributed by atoms with Crippen LogP contribution in [0.25, 0.3) is 0 Å². The van der Waals surface area contributed by atoms with Crippen LogP contribution < -0.4 is 10.6 Å². The number of aliphatic imine (C=N–C) groups is 1. The van der Waals surface area contributed by atoms with Crippen molar-refractivity contribution in [1.82, 2.24) is 20.5 Å². The lowest BCUT2D eigenvalue weighted by molar-refractivity contribution is 0.0394. The Bertz CT molecular complexity index is 532. The summed E-state index contributed by atoms with van der Waals surface area (Å²) >= 11 is 1.75. The predicted molar refractivity (Wildman–Crippen MR) is 106 cm³/mol. The molecule has 0 unspecified atom stereocenters. The van der Waals surface area contributed by atoms with Gasteiger partial charge in [-0.25, -0.2) is 4.98 Å². The van der Waals surface area contributed by atoms with Gasteiger partial charge in [-0.15, -0.1) is 11.3 Å². The van der Waals surface area contributed by atoms with E-state index in [0.29, 0.717) is 0 Å². The van der Waals surface area contributed by atoms with E-state index in [-0.39, 0.29) is 5.41 Å². The fourth-order valence-corrected chi connectivity index (χ4v) is 3.55. The van der Waals surface area contributed by atoms with Gasteiger partial charge in [-0.2, -0.15) is 0 Å². The van der Waals surface area contributed by atoms with Crippen molar-refractivity contribution >= 4 is 17.3 Å². The van der Waals surface area contributed by atoms with Crippen molar-refractivity contribution in [1.29, 1.82) is 0 Å². The average molecular weight is 368 g/mol. The van der Waals surface area contributed by atoms with E-state index in [1.165, 1.54) is 10.7 Å². The third-order valence-corrected chi connectivity index (χ3v) is 4.99. The number of nitrogens with one attached hydrogen (secondary N) is 2. The SMILES string of the molecule is CCNC(=NCCN1CCOCC1)NCCc1nc(C(C)(C)C)cs1. The molecule has 1 aromatic heterocycles. The fourth-order valence-electron chi connectivity index (χ4n) is 2.53. The van der Waals surface area contributed by atoms with E-state index in [4.69, 9.17) is 9.72 Å². The molecule has 2 N–H and O–H groups in total. The molecule has 0 spiro atoms. The van der Waals surface area contributed by atoms with Crippen LogP contribution in [0.1, 0.15) is 38.4 Å². The molecule has 0 saturated carbocycles. The predicted octanol–water partition coefficient (Wildman–Crippen LogP) is 1.87. The van der Waals surface area contributed by atoms with Gasteiger partial charge in [0.25, 0.3) is 0 Å². The molecule has 6 nitrogen and oxygen atoms in total. The van der Waals surface area contributed by atoms with Gasteiger partial charge in [-0.1, -0.05) is 20.8 Å². The Morgan fingerprint density at radius 2 is 2.08 bits per heavy atom. The number of rotatable bonds is 7. The van der Waals surface area contributed by atoms with Gasteiger partial charge in [0.15, 0.2) is 5.96 Å². The molecule has 0 aliphatic carbocycles. The summed E-state index contributed by atoms with van der Waals surface area (Å²) < 4.78 is 5.38. The van der Waals surface area contributed by atoms with Crippen LogP contribution in [0.4, 0.5) is 0 Å². The lowest BCUT2D eigenvalue weighted by Crippen LogP contribution is -2.40. The first-order valence-corrected chi connectivity index (χ1v) is 10.1. The van der Waals surface area contributed by atoms with Crippen LogP contribution in [0.2, 0.25) is 0 Å². The molecule has 1 aliphatic rings. The summed E-state index contributed by atoms with van der Waals surface area (Å²) in [6.07, 6.45) is 0.925. The van der Waals surface area contributed by atoms with Gasteiger partial charge < -0.3 is 15.4 Å². The van der Waals surface area contributed by atoms with Crippen LogP contribution >= 0.6 is 11.3 Å². The fraction of sp³-hybridized carbons (Fsp3) is 0.778. The Labute approximate surface area is 156 Å². The van der Waals surface area contributed by atoms with E-state index in [1.807, 2.05) is 0 Å². The minimum absolute atomic E-state index is 0.123. The monoisotopic (exact) mass is 367 g/mol. The Morgan fingerprint density at radius 3 is 2.72 bits per heavy atom. The van der Waals surface area contributed by atoms with Crippen molar-refractivity contribution in [3.05, 3.63) is 16.1 Å². The maximum Gasteiger partial charge on any atom is 0.191 e. The van der Waals surface area contributed by atoms with Crippen LogP contribution in [-0.2, 0) is 16.6 Å². The van der Waals surface area contributed by atoms with Crippen molar-refractivity contribution in [3.8, 4) is 0 Å². The number of hydrogen-bond donors (Lipinski definition) is 2. The van der Waals surface area contributed by atoms with Crippen molar-refractivity contribution in [2.75, 3.05) is 52.5 Å². The first-order valence-electron chi connectivity index (χ1n) is 9.26. The number of aromatic nitrogens is 1. The van der Waals surface area contributed by atoms with Crippen molar-refractivity contribution in [2.45, 2.75) is 39.5 Å². The zero-order valence-electron chi connectivity index (χ0n) is 16.1. The van der Waals surface area contributed by atoms with Crippen LogP contribution in [0.5, 0.6) is 0 Å². The molecule has 0 atom stereocenters. The molecule has 2 rings (SSSR count). The maximum atomic E-state index is 5.38. The minimum Gasteiger partial charge on any atom is -0.379 e. The highest BCUT2D eigenvalue weighted by Crippen LogP contribution is 2.23. The molecular formula is C18H33N5OS. The van der Waals surface area contributed by atoms with Gasteiger partial charge in [-0.05, 0) is 6.92 Å². The average Bonchev–Trinajstić information content (AvgIpc) is 3.05. The maximum absolute atomic E-state index is 5.38. The summed E-state index contributed by atoms with van der Waals surface area (Å²) in [5.74, 6) is 0.892. The molecule has 25 heavy (non-hydrogen) atoms. The number of guanidine groups is 1. The molecule has 142 valence electrons. The minimum atomic E-state index is 0.123. The third-order valence-electron chi connectivity index (χ3n) is 4.09. The van der Waals surface area contributed by atoms with Gasteiger partial charge in [0.2, 0.25) is 0 Å². The lowest BCUT2D eigenvalue weighted by atomic mass is 9.93. The number of nitrogens with zero attached hydrogens (tertiary/aromatic N) is 3. The van der Waals surface area contributed by atoms with Crippen LogP contribution in [-0.4, -0.2) is 68.3 Å². The van der Waals surface area contributed by atoms with Crippen molar-refractivity contribution < 1.29 is 4.74 Å². The van der Waals surface area contributed by atoms with E-state index >= 15 is 0 Å². The zero-order chi connectivity index (χ0) is 18.1. The summed E-state index contributed by atoms with van der Waals surface area (Å²) in [7, 11) is 0. The van der Waals surface area contributed by atoms with Gasteiger partial charge >= 0.3 is 0 Å². The van der Waals surface area contributed by atoms with Gasteiger partial charge in [-0.3, -0.25) is 9.89 Å². The van der Waals surface area contributed by atoms with E-state index in [1.54, 1.807) is 11.3 Å². The van der Waals surface area contributed by atoms with Crippen molar-refractivity contribution in [2.24, 2.45) is 4.99 Å². The molecule has 2 heterocycles. The lowest BCUT2D eigenvalue weighted by Gasteiger charge is -2.25. The van der Waals surface area contributed by atoms with E-state index in [2.05, 4.69) is 53.6 Å². The molecule has 1 fully saturated rings. The zero-order valence-corrected chi connectivity index (χ0v) is 16.9. The molecule has 1 aromatic rings. The van der Waals surface area contributed by atoms with E-state index < -0.39 is 0 Å². The number of ether oxygens (including phenoxy) is 1. The number of thiazole rings is 1. The second-order valence-corrected chi connectivity index (χ2v) is 8.21. The smallest absolute Gasteiger partial charge is 0.191 e. The first kappa shape index (κ1) is 20.1. The van der Waals surface area contributed by atoms with E-state index in [9.17, 15) is 0 Å². The summed E-state index contributed by atoms with van der Waals surface area (Å²) in [6.45, 7) is 15.9. The Balaban J connectivity index is 1.74. The number of hydrogen-bond acceptors (Lipinski definition) is 5. The molecular weight excluding hydrogens is 334 g/mol.